The van der Waals surface area contributed by atoms with Gasteiger partial charge in [0, 0.05) is 28.3 Å². The van der Waals surface area contributed by atoms with Crippen molar-refractivity contribution in [3.8, 4) is 0 Å². The van der Waals surface area contributed by atoms with E-state index in [-0.39, 0.29) is 11.2 Å². The molecule has 0 fully saturated rings. The van der Waals surface area contributed by atoms with Gasteiger partial charge in [0.2, 0.25) is 0 Å². The molecule has 0 spiro atoms. The van der Waals surface area contributed by atoms with Crippen LogP contribution in [0.3, 0.4) is 0 Å². The zero-order chi connectivity index (χ0) is 14.9. The summed E-state index contributed by atoms with van der Waals surface area (Å²) in [7, 11) is 0. The van der Waals surface area contributed by atoms with Crippen molar-refractivity contribution in [2.45, 2.75) is 39.2 Å². The Bertz CT molecular complexity index is 617. The molecule has 0 unspecified atom stereocenters. The van der Waals surface area contributed by atoms with Crippen LogP contribution in [0.25, 0.3) is 0 Å². The number of nitrogens with two attached hydrogens (primary N) is 1. The number of hydrogen-bond acceptors (Lipinski definition) is 3. The zero-order valence-corrected chi connectivity index (χ0v) is 13.4. The summed E-state index contributed by atoms with van der Waals surface area (Å²) in [6, 6.07) is 4.46. The van der Waals surface area contributed by atoms with E-state index in [4.69, 9.17) is 22.3 Å². The van der Waals surface area contributed by atoms with Crippen molar-refractivity contribution in [1.82, 2.24) is 4.98 Å². The normalized spacial score (nSPS) is 11.9. The second-order valence-electron chi connectivity index (χ2n) is 5.75. The molecule has 0 saturated carbocycles. The lowest BCUT2D eigenvalue weighted by Crippen LogP contribution is -2.15. The summed E-state index contributed by atoms with van der Waals surface area (Å²) in [5, 5.41) is 1.40. The van der Waals surface area contributed by atoms with Crippen LogP contribution in [0, 0.1) is 5.82 Å². The van der Waals surface area contributed by atoms with Crippen LogP contribution in [0.5, 0.6) is 0 Å². The smallest absolute Gasteiger partial charge is 0.124 e. The van der Waals surface area contributed by atoms with Crippen LogP contribution in [0.2, 0.25) is 5.02 Å². The third kappa shape index (κ3) is 3.37. The van der Waals surface area contributed by atoms with Gasteiger partial charge in [0.25, 0.3) is 0 Å². The molecule has 1 aromatic carbocycles. The van der Waals surface area contributed by atoms with Crippen molar-refractivity contribution in [3.05, 3.63) is 50.2 Å². The van der Waals surface area contributed by atoms with Gasteiger partial charge in [0.05, 0.1) is 10.7 Å². The lowest BCUT2D eigenvalue weighted by Gasteiger charge is -2.16. The van der Waals surface area contributed by atoms with Gasteiger partial charge in [-0.2, -0.15) is 0 Å². The molecule has 0 radical (unpaired) electrons. The number of rotatable bonds is 3. The van der Waals surface area contributed by atoms with Crippen molar-refractivity contribution in [2.24, 2.45) is 5.73 Å². The van der Waals surface area contributed by atoms with Crippen molar-refractivity contribution >= 4 is 22.9 Å². The van der Waals surface area contributed by atoms with Crippen LogP contribution in [-0.2, 0) is 18.4 Å². The minimum absolute atomic E-state index is 0.0317. The van der Waals surface area contributed by atoms with Crippen LogP contribution >= 0.6 is 22.9 Å². The van der Waals surface area contributed by atoms with Gasteiger partial charge in [0.15, 0.2) is 0 Å². The number of nitrogens with zero attached hydrogens (tertiary/aromatic N) is 1. The molecule has 1 aromatic heterocycles. The average molecular weight is 313 g/mol. The number of halogens is 2. The second kappa shape index (κ2) is 5.80. The van der Waals surface area contributed by atoms with Crippen LogP contribution in [0.15, 0.2) is 18.2 Å². The second-order valence-corrected chi connectivity index (χ2v) is 7.32. The van der Waals surface area contributed by atoms with E-state index in [0.29, 0.717) is 18.0 Å². The largest absolute Gasteiger partial charge is 0.326 e. The number of hydrogen-bond donors (Lipinski definition) is 1. The van der Waals surface area contributed by atoms with Gasteiger partial charge in [-0.3, -0.25) is 0 Å². The summed E-state index contributed by atoms with van der Waals surface area (Å²) < 4.78 is 13.1. The van der Waals surface area contributed by atoms with E-state index in [1.54, 1.807) is 17.4 Å². The summed E-state index contributed by atoms with van der Waals surface area (Å²) in [5.41, 5.74) is 7.69. The fourth-order valence-corrected chi connectivity index (χ4v) is 3.44. The molecule has 2 nitrogen and oxygen atoms in total. The summed E-state index contributed by atoms with van der Waals surface area (Å²) in [6.45, 7) is 6.85. The van der Waals surface area contributed by atoms with Gasteiger partial charge in [-0.15, -0.1) is 11.3 Å². The number of benzene rings is 1. The minimum atomic E-state index is -0.323. The summed E-state index contributed by atoms with van der Waals surface area (Å²) in [6.07, 6.45) is 0.604. The Kier molecular flexibility index (Phi) is 4.47. The minimum Gasteiger partial charge on any atom is -0.326 e. The molecule has 0 saturated heterocycles. The molecule has 5 heteroatoms. The van der Waals surface area contributed by atoms with Gasteiger partial charge in [0.1, 0.15) is 5.82 Å². The Hall–Kier alpha value is -0.970. The fourth-order valence-electron chi connectivity index (χ4n) is 2.03. The average Bonchev–Trinajstić information content (AvgIpc) is 2.76. The highest BCUT2D eigenvalue weighted by Crippen LogP contribution is 2.31. The van der Waals surface area contributed by atoms with Gasteiger partial charge in [-0.1, -0.05) is 38.4 Å². The van der Waals surface area contributed by atoms with Gasteiger partial charge < -0.3 is 5.73 Å². The standard InChI is InChI=1S/C15H18ClFN2S/c1-15(2,3)14-12(8-18)20-13(19-14)6-9-4-5-10(17)7-11(9)16/h4-5,7H,6,8,18H2,1-3H3. The third-order valence-corrected chi connectivity index (χ3v) is 4.42. The molecule has 2 N–H and O–H groups in total. The predicted octanol–water partition coefficient (Wildman–Crippen LogP) is 4.28. The SMILES string of the molecule is CC(C)(C)c1nc(Cc2ccc(F)cc2Cl)sc1CN. The van der Waals surface area contributed by atoms with E-state index in [0.717, 1.165) is 21.1 Å². The highest BCUT2D eigenvalue weighted by atomic mass is 35.5. The van der Waals surface area contributed by atoms with Crippen LogP contribution in [0.4, 0.5) is 4.39 Å². The van der Waals surface area contributed by atoms with E-state index in [9.17, 15) is 4.39 Å². The molecule has 0 aliphatic carbocycles. The maximum Gasteiger partial charge on any atom is 0.124 e. The van der Waals surface area contributed by atoms with E-state index in [2.05, 4.69) is 20.8 Å². The van der Waals surface area contributed by atoms with E-state index in [1.807, 2.05) is 0 Å². The number of thiazole rings is 1. The lowest BCUT2D eigenvalue weighted by atomic mass is 9.91. The van der Waals surface area contributed by atoms with Gasteiger partial charge >= 0.3 is 0 Å². The first kappa shape index (κ1) is 15.4. The third-order valence-electron chi connectivity index (χ3n) is 2.99. The molecule has 0 amide bonds. The summed E-state index contributed by atoms with van der Waals surface area (Å²) >= 11 is 7.67. The van der Waals surface area contributed by atoms with Crippen LogP contribution in [0.1, 0.15) is 41.9 Å². The Morgan fingerprint density at radius 2 is 2.05 bits per heavy atom. The first-order valence-corrected chi connectivity index (χ1v) is 7.63. The maximum absolute atomic E-state index is 13.1. The van der Waals surface area contributed by atoms with Crippen molar-refractivity contribution < 1.29 is 4.39 Å². The molecule has 0 aliphatic rings. The Labute approximate surface area is 127 Å². The van der Waals surface area contributed by atoms with Crippen molar-refractivity contribution in [3.63, 3.8) is 0 Å². The molecule has 0 bridgehead atoms. The van der Waals surface area contributed by atoms with E-state index in [1.165, 1.54) is 12.1 Å². The Balaban J connectivity index is 2.32. The lowest BCUT2D eigenvalue weighted by molar-refractivity contribution is 0.564. The van der Waals surface area contributed by atoms with Crippen molar-refractivity contribution in [1.29, 1.82) is 0 Å². The molecule has 0 atom stereocenters. The molecule has 0 aliphatic heterocycles. The first-order chi connectivity index (χ1) is 9.31. The highest BCUT2D eigenvalue weighted by molar-refractivity contribution is 7.11. The quantitative estimate of drug-likeness (QED) is 0.918. The van der Waals surface area contributed by atoms with Gasteiger partial charge in [-0.05, 0) is 17.7 Å². The molecular formula is C15H18ClFN2S. The predicted molar refractivity (Wildman–Crippen MR) is 82.9 cm³/mol. The van der Waals surface area contributed by atoms with Crippen molar-refractivity contribution in [2.75, 3.05) is 0 Å². The van der Waals surface area contributed by atoms with E-state index >= 15 is 0 Å². The number of aromatic nitrogens is 1. The van der Waals surface area contributed by atoms with E-state index < -0.39 is 0 Å². The monoisotopic (exact) mass is 312 g/mol. The topological polar surface area (TPSA) is 38.9 Å². The van der Waals surface area contributed by atoms with Crippen LogP contribution < -0.4 is 5.73 Å². The van der Waals surface area contributed by atoms with Crippen LogP contribution in [-0.4, -0.2) is 4.98 Å². The molecule has 20 heavy (non-hydrogen) atoms. The summed E-state index contributed by atoms with van der Waals surface area (Å²) in [5.74, 6) is -0.323. The summed E-state index contributed by atoms with van der Waals surface area (Å²) in [4.78, 5) is 5.80. The van der Waals surface area contributed by atoms with Gasteiger partial charge in [-0.25, -0.2) is 9.37 Å². The molecule has 2 rings (SSSR count). The highest BCUT2D eigenvalue weighted by Gasteiger charge is 2.22. The first-order valence-electron chi connectivity index (χ1n) is 6.44. The molecule has 2 aromatic rings. The Morgan fingerprint density at radius 1 is 1.35 bits per heavy atom. The maximum atomic E-state index is 13.1. The zero-order valence-electron chi connectivity index (χ0n) is 11.8. The molecular weight excluding hydrogens is 295 g/mol. The molecule has 1 heterocycles. The molecule has 108 valence electrons. The fraction of sp³-hybridized carbons (Fsp3) is 0.400. The Morgan fingerprint density at radius 3 is 2.55 bits per heavy atom.